The van der Waals surface area contributed by atoms with Crippen LogP contribution in [0.15, 0.2) is 12.4 Å². The zero-order valence-electron chi connectivity index (χ0n) is 6.99. The molecule has 1 aliphatic rings. The smallest absolute Gasteiger partial charge is 0.191 e. The third-order valence-corrected chi connectivity index (χ3v) is 1.92. The molecule has 1 heterocycles. The fraction of sp³-hybridized carbons (Fsp3) is 0.625. The minimum absolute atomic E-state index is 0.0787. The van der Waals surface area contributed by atoms with Crippen LogP contribution in [0.1, 0.15) is 13.8 Å². The Bertz CT molecular complexity index is 178. The summed E-state index contributed by atoms with van der Waals surface area (Å²) in [5.74, 6) is 0. The molecule has 0 spiro atoms. The van der Waals surface area contributed by atoms with Crippen LogP contribution in [-0.2, 0) is 0 Å². The second kappa shape index (κ2) is 3.29. The lowest BCUT2D eigenvalue weighted by Crippen LogP contribution is -2.36. The maximum atomic E-state index is 8.80. The molecule has 1 aliphatic heterocycles. The summed E-state index contributed by atoms with van der Waals surface area (Å²) in [6.45, 7) is 5.89. The first kappa shape index (κ1) is 7.93. The maximum absolute atomic E-state index is 8.80. The summed E-state index contributed by atoms with van der Waals surface area (Å²) in [5, 5.41) is 8.80. The second-order valence-corrected chi connectivity index (χ2v) is 2.46. The molecule has 60 valence electrons. The molecule has 0 bridgehead atoms. The molecule has 0 unspecified atom stereocenters. The molecule has 0 fully saturated rings. The average molecular weight is 151 g/mol. The first-order chi connectivity index (χ1) is 5.33. The Morgan fingerprint density at radius 3 is 2.00 bits per heavy atom. The van der Waals surface area contributed by atoms with Crippen molar-refractivity contribution in [3.8, 4) is 6.07 Å². The van der Waals surface area contributed by atoms with E-state index in [1.807, 2.05) is 36.0 Å². The Balaban J connectivity index is 2.64. The summed E-state index contributed by atoms with van der Waals surface area (Å²) in [4.78, 5) is 4.03. The van der Waals surface area contributed by atoms with Crippen LogP contribution in [0.2, 0.25) is 0 Å². The summed E-state index contributed by atoms with van der Waals surface area (Å²) >= 11 is 0. The van der Waals surface area contributed by atoms with Gasteiger partial charge in [-0.15, -0.1) is 0 Å². The highest BCUT2D eigenvalue weighted by Gasteiger charge is 2.22. The molecule has 0 radical (unpaired) electrons. The number of rotatable bonds is 2. The minimum atomic E-state index is -0.0787. The Kier molecular flexibility index (Phi) is 2.37. The van der Waals surface area contributed by atoms with Gasteiger partial charge in [-0.25, -0.2) is 0 Å². The molecule has 0 aromatic rings. The van der Waals surface area contributed by atoms with Gasteiger partial charge in [-0.3, -0.25) is 0 Å². The van der Waals surface area contributed by atoms with Crippen molar-refractivity contribution in [2.24, 2.45) is 0 Å². The van der Waals surface area contributed by atoms with Gasteiger partial charge in [0, 0.05) is 25.5 Å². The van der Waals surface area contributed by atoms with Crippen molar-refractivity contribution in [2.75, 3.05) is 13.1 Å². The summed E-state index contributed by atoms with van der Waals surface area (Å²) in [5.41, 5.74) is 0. The highest BCUT2D eigenvalue weighted by atomic mass is 15.4. The van der Waals surface area contributed by atoms with Crippen LogP contribution >= 0.6 is 0 Å². The first-order valence-electron chi connectivity index (χ1n) is 3.93. The Labute approximate surface area is 67.5 Å². The highest BCUT2D eigenvalue weighted by Crippen LogP contribution is 2.13. The van der Waals surface area contributed by atoms with Gasteiger partial charge in [-0.05, 0) is 13.8 Å². The average Bonchev–Trinajstić information content (AvgIpc) is 2.45. The quantitative estimate of drug-likeness (QED) is 0.589. The largest absolute Gasteiger partial charge is 0.345 e. The topological polar surface area (TPSA) is 30.3 Å². The SMILES string of the molecule is CCN1C=CN(CC)C1C#N. The Morgan fingerprint density at radius 1 is 1.27 bits per heavy atom. The van der Waals surface area contributed by atoms with Gasteiger partial charge in [0.05, 0.1) is 0 Å². The van der Waals surface area contributed by atoms with Crippen LogP contribution in [0.3, 0.4) is 0 Å². The lowest BCUT2D eigenvalue weighted by Gasteiger charge is -2.24. The highest BCUT2D eigenvalue weighted by molar-refractivity contribution is 5.05. The molecule has 0 aliphatic carbocycles. The van der Waals surface area contributed by atoms with Crippen LogP contribution in [0, 0.1) is 11.3 Å². The molecular weight excluding hydrogens is 138 g/mol. The standard InChI is InChI=1S/C8H13N3/c1-3-10-5-6-11(4-2)8(10)7-9/h5-6,8H,3-4H2,1-2H3. The van der Waals surface area contributed by atoms with Crippen molar-refractivity contribution in [2.45, 2.75) is 20.0 Å². The third-order valence-electron chi connectivity index (χ3n) is 1.92. The molecular formula is C8H13N3. The second-order valence-electron chi connectivity index (χ2n) is 2.46. The molecule has 1 rings (SSSR count). The summed E-state index contributed by atoms with van der Waals surface area (Å²) in [6.07, 6.45) is 3.86. The normalized spacial score (nSPS) is 17.5. The molecule has 0 saturated carbocycles. The van der Waals surface area contributed by atoms with E-state index in [9.17, 15) is 0 Å². The van der Waals surface area contributed by atoms with Gasteiger partial charge >= 0.3 is 0 Å². The van der Waals surface area contributed by atoms with Gasteiger partial charge < -0.3 is 9.80 Å². The zero-order chi connectivity index (χ0) is 8.27. The Morgan fingerprint density at radius 2 is 1.73 bits per heavy atom. The molecule has 0 saturated heterocycles. The molecule has 3 nitrogen and oxygen atoms in total. The summed E-state index contributed by atoms with van der Waals surface area (Å²) < 4.78 is 0. The van der Waals surface area contributed by atoms with Crippen LogP contribution in [0.25, 0.3) is 0 Å². The van der Waals surface area contributed by atoms with E-state index >= 15 is 0 Å². The zero-order valence-corrected chi connectivity index (χ0v) is 6.99. The predicted octanol–water partition coefficient (Wildman–Crippen LogP) is 0.965. The third kappa shape index (κ3) is 1.30. The van der Waals surface area contributed by atoms with E-state index in [1.54, 1.807) is 0 Å². The number of nitriles is 1. The van der Waals surface area contributed by atoms with Crippen molar-refractivity contribution in [3.63, 3.8) is 0 Å². The van der Waals surface area contributed by atoms with E-state index in [-0.39, 0.29) is 6.17 Å². The lowest BCUT2D eigenvalue weighted by atomic mass is 10.4. The van der Waals surface area contributed by atoms with Gasteiger partial charge in [0.15, 0.2) is 6.17 Å². The van der Waals surface area contributed by atoms with Gasteiger partial charge in [0.1, 0.15) is 6.07 Å². The van der Waals surface area contributed by atoms with Crippen molar-refractivity contribution in [1.82, 2.24) is 9.80 Å². The number of hydrogen-bond donors (Lipinski definition) is 0. The van der Waals surface area contributed by atoms with E-state index in [2.05, 4.69) is 6.07 Å². The molecule has 0 aromatic heterocycles. The maximum Gasteiger partial charge on any atom is 0.191 e. The van der Waals surface area contributed by atoms with E-state index in [4.69, 9.17) is 5.26 Å². The van der Waals surface area contributed by atoms with Crippen molar-refractivity contribution < 1.29 is 0 Å². The lowest BCUT2D eigenvalue weighted by molar-refractivity contribution is 0.216. The summed E-state index contributed by atoms with van der Waals surface area (Å²) in [7, 11) is 0. The molecule has 0 amide bonds. The molecule has 0 aromatic carbocycles. The minimum Gasteiger partial charge on any atom is -0.345 e. The Hall–Kier alpha value is -1.17. The van der Waals surface area contributed by atoms with E-state index in [0.29, 0.717) is 0 Å². The van der Waals surface area contributed by atoms with Crippen molar-refractivity contribution in [3.05, 3.63) is 12.4 Å². The first-order valence-corrected chi connectivity index (χ1v) is 3.93. The molecule has 3 heteroatoms. The van der Waals surface area contributed by atoms with Crippen LogP contribution < -0.4 is 0 Å². The van der Waals surface area contributed by atoms with Crippen molar-refractivity contribution in [1.29, 1.82) is 5.26 Å². The monoisotopic (exact) mass is 151 g/mol. The fourth-order valence-electron chi connectivity index (χ4n) is 1.23. The van der Waals surface area contributed by atoms with Gasteiger partial charge in [-0.2, -0.15) is 5.26 Å². The fourth-order valence-corrected chi connectivity index (χ4v) is 1.23. The predicted molar refractivity (Wildman–Crippen MR) is 43.3 cm³/mol. The number of nitrogens with zero attached hydrogens (tertiary/aromatic N) is 3. The van der Waals surface area contributed by atoms with Gasteiger partial charge in [0.2, 0.25) is 0 Å². The van der Waals surface area contributed by atoms with Crippen molar-refractivity contribution >= 4 is 0 Å². The summed E-state index contributed by atoms with van der Waals surface area (Å²) in [6, 6.07) is 2.26. The number of hydrogen-bond acceptors (Lipinski definition) is 3. The van der Waals surface area contributed by atoms with Crippen LogP contribution in [0.5, 0.6) is 0 Å². The van der Waals surface area contributed by atoms with E-state index in [0.717, 1.165) is 13.1 Å². The van der Waals surface area contributed by atoms with Gasteiger partial charge in [-0.1, -0.05) is 0 Å². The van der Waals surface area contributed by atoms with Gasteiger partial charge in [0.25, 0.3) is 0 Å². The molecule has 11 heavy (non-hydrogen) atoms. The van der Waals surface area contributed by atoms with Crippen LogP contribution in [-0.4, -0.2) is 29.1 Å². The molecule has 0 atom stereocenters. The molecule has 0 N–H and O–H groups in total. The van der Waals surface area contributed by atoms with E-state index in [1.165, 1.54) is 0 Å². The van der Waals surface area contributed by atoms with E-state index < -0.39 is 0 Å². The van der Waals surface area contributed by atoms with Crippen LogP contribution in [0.4, 0.5) is 0 Å².